The number of nitrogens with one attached hydrogen (secondary N) is 2. The van der Waals surface area contributed by atoms with Gasteiger partial charge < -0.3 is 10.1 Å². The molecule has 0 spiro atoms. The monoisotopic (exact) mass is 299 g/mol. The summed E-state index contributed by atoms with van der Waals surface area (Å²) < 4.78 is 5.76. The Balaban J connectivity index is 1.93. The van der Waals surface area contributed by atoms with Gasteiger partial charge in [0.2, 0.25) is 0 Å². The number of benzene rings is 2. The van der Waals surface area contributed by atoms with Crippen LogP contribution in [0.1, 0.15) is 11.1 Å². The molecule has 0 aromatic heterocycles. The van der Waals surface area contributed by atoms with E-state index in [1.54, 1.807) is 13.3 Å². The lowest BCUT2D eigenvalue weighted by Crippen LogP contribution is -2.28. The summed E-state index contributed by atoms with van der Waals surface area (Å²) in [6, 6.07) is 17.8. The molecule has 0 aliphatic carbocycles. The number of ether oxygens (including phenoxy) is 1. The highest BCUT2D eigenvalue weighted by Gasteiger charge is 1.97. The lowest BCUT2D eigenvalue weighted by molar-refractivity contribution is 0.306. The van der Waals surface area contributed by atoms with Crippen molar-refractivity contribution < 1.29 is 4.74 Å². The van der Waals surface area contributed by atoms with Gasteiger partial charge >= 0.3 is 0 Å². The Morgan fingerprint density at radius 3 is 2.76 bits per heavy atom. The minimum Gasteiger partial charge on any atom is -0.489 e. The molecule has 0 unspecified atom stereocenters. The molecule has 0 amide bonds. The molecule has 2 rings (SSSR count). The van der Waals surface area contributed by atoms with Crippen LogP contribution < -0.4 is 15.5 Å². The summed E-state index contributed by atoms with van der Waals surface area (Å²) in [5, 5.41) is 7.30. The van der Waals surface area contributed by atoms with Crippen molar-refractivity contribution >= 4 is 23.5 Å². The molecule has 0 heterocycles. The van der Waals surface area contributed by atoms with Crippen molar-refractivity contribution in [2.75, 3.05) is 7.05 Å². The van der Waals surface area contributed by atoms with Crippen LogP contribution in [0.4, 0.5) is 0 Å². The fourth-order valence-electron chi connectivity index (χ4n) is 1.65. The number of thiocarbonyl (C=S) groups is 1. The molecule has 0 aliphatic heterocycles. The average molecular weight is 299 g/mol. The summed E-state index contributed by atoms with van der Waals surface area (Å²) in [6.45, 7) is 0.545. The summed E-state index contributed by atoms with van der Waals surface area (Å²) in [5.74, 6) is 0.805. The molecule has 2 aromatic rings. The van der Waals surface area contributed by atoms with E-state index in [4.69, 9.17) is 17.0 Å². The summed E-state index contributed by atoms with van der Waals surface area (Å²) in [4.78, 5) is 0. The maximum atomic E-state index is 5.76. The van der Waals surface area contributed by atoms with E-state index in [-0.39, 0.29) is 0 Å². The zero-order chi connectivity index (χ0) is 14.9. The molecule has 21 heavy (non-hydrogen) atoms. The summed E-state index contributed by atoms with van der Waals surface area (Å²) in [6.07, 6.45) is 1.69. The van der Waals surface area contributed by atoms with E-state index < -0.39 is 0 Å². The van der Waals surface area contributed by atoms with E-state index in [0.29, 0.717) is 11.7 Å². The Morgan fingerprint density at radius 1 is 1.19 bits per heavy atom. The summed E-state index contributed by atoms with van der Waals surface area (Å²) in [7, 11) is 1.74. The quantitative estimate of drug-likeness (QED) is 0.506. The van der Waals surface area contributed by atoms with Gasteiger partial charge in [-0.25, -0.2) is 0 Å². The van der Waals surface area contributed by atoms with Crippen molar-refractivity contribution in [1.29, 1.82) is 0 Å². The van der Waals surface area contributed by atoms with Crippen molar-refractivity contribution in [2.24, 2.45) is 5.10 Å². The van der Waals surface area contributed by atoms with Crippen molar-refractivity contribution in [3.8, 4) is 5.75 Å². The molecule has 0 radical (unpaired) electrons. The first-order chi connectivity index (χ1) is 10.3. The number of hydrogen-bond acceptors (Lipinski definition) is 3. The molecule has 0 fully saturated rings. The van der Waals surface area contributed by atoms with Crippen LogP contribution >= 0.6 is 12.2 Å². The van der Waals surface area contributed by atoms with Gasteiger partial charge in [-0.05, 0) is 35.5 Å². The standard InChI is InChI=1S/C16H17N3OS/c1-17-16(21)19-18-11-14-8-5-9-15(10-14)20-12-13-6-3-2-4-7-13/h2-11H,12H2,1H3,(H2,17,19,21)/b18-11+. The largest absolute Gasteiger partial charge is 0.489 e. The molecule has 0 bridgehead atoms. The highest BCUT2D eigenvalue weighted by atomic mass is 32.1. The molecule has 5 heteroatoms. The first-order valence-electron chi connectivity index (χ1n) is 6.55. The van der Waals surface area contributed by atoms with Crippen LogP contribution in [-0.2, 0) is 6.61 Å². The predicted octanol–water partition coefficient (Wildman–Crippen LogP) is 2.69. The van der Waals surface area contributed by atoms with E-state index in [1.165, 1.54) is 0 Å². The predicted molar refractivity (Wildman–Crippen MR) is 89.6 cm³/mol. The highest BCUT2D eigenvalue weighted by Crippen LogP contribution is 2.14. The SMILES string of the molecule is CNC(=S)N/N=C/c1cccc(OCc2ccccc2)c1. The first-order valence-corrected chi connectivity index (χ1v) is 6.96. The number of nitrogens with zero attached hydrogens (tertiary/aromatic N) is 1. The first kappa shape index (κ1) is 15.0. The van der Waals surface area contributed by atoms with Crippen molar-refractivity contribution in [2.45, 2.75) is 6.61 Å². The molecule has 2 N–H and O–H groups in total. The molecule has 0 saturated heterocycles. The lowest BCUT2D eigenvalue weighted by Gasteiger charge is -2.06. The van der Waals surface area contributed by atoms with Crippen LogP contribution in [0.15, 0.2) is 59.7 Å². The van der Waals surface area contributed by atoms with E-state index in [9.17, 15) is 0 Å². The molecular formula is C16H17N3OS. The van der Waals surface area contributed by atoms with Crippen LogP contribution in [0.25, 0.3) is 0 Å². The Hall–Kier alpha value is -2.40. The summed E-state index contributed by atoms with van der Waals surface area (Å²) in [5.41, 5.74) is 4.78. The van der Waals surface area contributed by atoms with E-state index in [0.717, 1.165) is 16.9 Å². The minimum atomic E-state index is 0.475. The molecule has 0 atom stereocenters. The smallest absolute Gasteiger partial charge is 0.186 e. The van der Waals surface area contributed by atoms with Gasteiger partial charge in [-0.2, -0.15) is 5.10 Å². The number of rotatable bonds is 5. The maximum absolute atomic E-state index is 5.76. The van der Waals surface area contributed by atoms with Gasteiger partial charge in [-0.1, -0.05) is 42.5 Å². The third-order valence-corrected chi connectivity index (χ3v) is 3.01. The average Bonchev–Trinajstić information content (AvgIpc) is 2.54. The maximum Gasteiger partial charge on any atom is 0.186 e. The van der Waals surface area contributed by atoms with Gasteiger partial charge in [0, 0.05) is 7.05 Å². The fraction of sp³-hybridized carbons (Fsp3) is 0.125. The second-order valence-corrected chi connectivity index (χ2v) is 4.70. The minimum absolute atomic E-state index is 0.475. The van der Waals surface area contributed by atoms with E-state index in [2.05, 4.69) is 15.8 Å². The number of hydrogen-bond donors (Lipinski definition) is 2. The van der Waals surface area contributed by atoms with Gasteiger partial charge in [0.1, 0.15) is 12.4 Å². The van der Waals surface area contributed by atoms with Gasteiger partial charge in [-0.3, -0.25) is 5.43 Å². The van der Waals surface area contributed by atoms with Gasteiger partial charge in [0.15, 0.2) is 5.11 Å². The van der Waals surface area contributed by atoms with Crippen LogP contribution in [-0.4, -0.2) is 18.4 Å². The molecule has 0 saturated carbocycles. The molecule has 108 valence electrons. The van der Waals surface area contributed by atoms with Crippen LogP contribution in [0.3, 0.4) is 0 Å². The lowest BCUT2D eigenvalue weighted by atomic mass is 10.2. The van der Waals surface area contributed by atoms with Gasteiger partial charge in [0.05, 0.1) is 6.21 Å². The Morgan fingerprint density at radius 2 is 2.00 bits per heavy atom. The third-order valence-electron chi connectivity index (χ3n) is 2.71. The van der Waals surface area contributed by atoms with Gasteiger partial charge in [0.25, 0.3) is 0 Å². The van der Waals surface area contributed by atoms with Crippen LogP contribution in [0.2, 0.25) is 0 Å². The Kier molecular flexibility index (Phi) is 5.72. The Labute approximate surface area is 129 Å². The topological polar surface area (TPSA) is 45.7 Å². The van der Waals surface area contributed by atoms with Crippen LogP contribution in [0.5, 0.6) is 5.75 Å². The Bertz CT molecular complexity index is 614. The van der Waals surface area contributed by atoms with Crippen LogP contribution in [0, 0.1) is 0 Å². The molecule has 0 aliphatic rings. The zero-order valence-electron chi connectivity index (χ0n) is 11.7. The third kappa shape index (κ3) is 5.24. The van der Waals surface area contributed by atoms with E-state index >= 15 is 0 Å². The zero-order valence-corrected chi connectivity index (χ0v) is 12.6. The molecular weight excluding hydrogens is 282 g/mol. The fourth-order valence-corrected chi connectivity index (χ4v) is 1.70. The second kappa shape index (κ2) is 8.01. The second-order valence-electron chi connectivity index (χ2n) is 4.30. The molecule has 2 aromatic carbocycles. The number of hydrazone groups is 1. The molecule has 4 nitrogen and oxygen atoms in total. The van der Waals surface area contributed by atoms with E-state index in [1.807, 2.05) is 54.6 Å². The highest BCUT2D eigenvalue weighted by molar-refractivity contribution is 7.80. The summed E-state index contributed by atoms with van der Waals surface area (Å²) >= 11 is 4.93. The van der Waals surface area contributed by atoms with Crippen molar-refractivity contribution in [3.63, 3.8) is 0 Å². The van der Waals surface area contributed by atoms with Crippen molar-refractivity contribution in [3.05, 3.63) is 65.7 Å². The van der Waals surface area contributed by atoms with Gasteiger partial charge in [-0.15, -0.1) is 0 Å². The van der Waals surface area contributed by atoms with Crippen molar-refractivity contribution in [1.82, 2.24) is 10.7 Å². The normalized spacial score (nSPS) is 10.3.